The number of aromatic nitrogens is 1. The SMILES string of the molecule is CC(=O)c1cn(CC(=O)OC(C)(C)C)c2ccc(Br)cc12. The van der Waals surface area contributed by atoms with Crippen molar-refractivity contribution in [3.8, 4) is 0 Å². The lowest BCUT2D eigenvalue weighted by molar-refractivity contribution is -0.155. The maximum Gasteiger partial charge on any atom is 0.326 e. The number of rotatable bonds is 3. The molecular weight excluding hydrogens is 334 g/mol. The van der Waals surface area contributed by atoms with Gasteiger partial charge in [0.15, 0.2) is 5.78 Å². The van der Waals surface area contributed by atoms with Crippen LogP contribution in [-0.2, 0) is 16.1 Å². The second-order valence-corrected chi connectivity index (χ2v) is 6.89. The Morgan fingerprint density at radius 1 is 1.29 bits per heavy atom. The summed E-state index contributed by atoms with van der Waals surface area (Å²) in [7, 11) is 0. The molecule has 0 saturated carbocycles. The molecule has 0 aliphatic rings. The van der Waals surface area contributed by atoms with Gasteiger partial charge in [-0.1, -0.05) is 15.9 Å². The van der Waals surface area contributed by atoms with E-state index < -0.39 is 5.60 Å². The van der Waals surface area contributed by atoms with E-state index in [4.69, 9.17) is 4.74 Å². The lowest BCUT2D eigenvalue weighted by atomic mass is 10.1. The lowest BCUT2D eigenvalue weighted by Gasteiger charge is -2.19. The molecule has 0 spiro atoms. The minimum atomic E-state index is -0.521. The topological polar surface area (TPSA) is 48.3 Å². The van der Waals surface area contributed by atoms with E-state index in [1.165, 1.54) is 6.92 Å². The summed E-state index contributed by atoms with van der Waals surface area (Å²) in [6.07, 6.45) is 1.71. The number of halogens is 1. The predicted molar refractivity (Wildman–Crippen MR) is 85.5 cm³/mol. The standard InChI is InChI=1S/C16H18BrNO3/c1-10(19)13-8-18(9-15(20)21-16(2,3)4)14-6-5-11(17)7-12(13)14/h5-8H,9H2,1-4H3. The maximum absolute atomic E-state index is 12.0. The normalized spacial score (nSPS) is 11.7. The molecule has 0 amide bonds. The maximum atomic E-state index is 12.0. The van der Waals surface area contributed by atoms with Gasteiger partial charge in [-0.2, -0.15) is 0 Å². The van der Waals surface area contributed by atoms with E-state index in [0.717, 1.165) is 15.4 Å². The van der Waals surface area contributed by atoms with E-state index in [-0.39, 0.29) is 18.3 Å². The highest BCUT2D eigenvalue weighted by Gasteiger charge is 2.19. The molecule has 2 aromatic rings. The molecule has 0 aliphatic heterocycles. The van der Waals surface area contributed by atoms with Gasteiger partial charge in [0.25, 0.3) is 0 Å². The molecule has 0 aliphatic carbocycles. The van der Waals surface area contributed by atoms with Crippen LogP contribution in [-0.4, -0.2) is 21.9 Å². The monoisotopic (exact) mass is 351 g/mol. The molecule has 21 heavy (non-hydrogen) atoms. The van der Waals surface area contributed by atoms with Crippen LogP contribution in [0.3, 0.4) is 0 Å². The average molecular weight is 352 g/mol. The minimum Gasteiger partial charge on any atom is -0.459 e. The molecule has 0 fully saturated rings. The summed E-state index contributed by atoms with van der Waals surface area (Å²) in [5.41, 5.74) is 0.927. The first-order valence-corrected chi connectivity index (χ1v) is 7.48. The third-order valence-corrected chi connectivity index (χ3v) is 3.44. The predicted octanol–water partition coefficient (Wildman–Crippen LogP) is 3.95. The van der Waals surface area contributed by atoms with Crippen molar-refractivity contribution < 1.29 is 14.3 Å². The van der Waals surface area contributed by atoms with E-state index in [1.54, 1.807) is 10.8 Å². The first kappa shape index (κ1) is 15.8. The summed E-state index contributed by atoms with van der Waals surface area (Å²) in [4.78, 5) is 23.7. The van der Waals surface area contributed by atoms with Crippen LogP contribution < -0.4 is 0 Å². The Hall–Kier alpha value is -1.62. The van der Waals surface area contributed by atoms with Gasteiger partial charge in [0.2, 0.25) is 0 Å². The van der Waals surface area contributed by atoms with Crippen molar-refractivity contribution in [2.45, 2.75) is 39.8 Å². The van der Waals surface area contributed by atoms with E-state index >= 15 is 0 Å². The number of carbonyl (C=O) groups excluding carboxylic acids is 2. The average Bonchev–Trinajstić information content (AvgIpc) is 2.64. The third-order valence-electron chi connectivity index (χ3n) is 2.94. The van der Waals surface area contributed by atoms with Gasteiger partial charge in [-0.25, -0.2) is 0 Å². The van der Waals surface area contributed by atoms with E-state index in [1.807, 2.05) is 39.0 Å². The van der Waals surface area contributed by atoms with E-state index in [2.05, 4.69) is 15.9 Å². The van der Waals surface area contributed by atoms with Crippen LogP contribution in [0.25, 0.3) is 10.9 Å². The molecule has 4 nitrogen and oxygen atoms in total. The number of Topliss-reactive ketones (excluding diaryl/α,β-unsaturated/α-hetero) is 1. The molecule has 0 atom stereocenters. The number of hydrogen-bond acceptors (Lipinski definition) is 3. The zero-order chi connectivity index (χ0) is 15.8. The molecule has 2 rings (SSSR count). The van der Waals surface area contributed by atoms with Gasteiger partial charge in [0, 0.05) is 27.1 Å². The zero-order valence-electron chi connectivity index (χ0n) is 12.6. The van der Waals surface area contributed by atoms with Gasteiger partial charge in [0.1, 0.15) is 12.1 Å². The summed E-state index contributed by atoms with van der Waals surface area (Å²) in [6, 6.07) is 5.66. The van der Waals surface area contributed by atoms with Crippen molar-refractivity contribution in [1.29, 1.82) is 0 Å². The molecule has 0 unspecified atom stereocenters. The van der Waals surface area contributed by atoms with Crippen LogP contribution in [0.15, 0.2) is 28.9 Å². The number of hydrogen-bond donors (Lipinski definition) is 0. The first-order chi connectivity index (χ1) is 9.67. The summed E-state index contributed by atoms with van der Waals surface area (Å²) >= 11 is 3.40. The number of benzene rings is 1. The molecule has 112 valence electrons. The highest BCUT2D eigenvalue weighted by Crippen LogP contribution is 2.26. The number of ketones is 1. The Morgan fingerprint density at radius 2 is 1.95 bits per heavy atom. The Kier molecular flexibility index (Phi) is 4.23. The van der Waals surface area contributed by atoms with Crippen molar-refractivity contribution in [2.24, 2.45) is 0 Å². The Bertz CT molecular complexity index is 710. The van der Waals surface area contributed by atoms with E-state index in [9.17, 15) is 9.59 Å². The summed E-state index contributed by atoms with van der Waals surface area (Å²) in [6.45, 7) is 7.10. The fourth-order valence-corrected chi connectivity index (χ4v) is 2.55. The van der Waals surface area contributed by atoms with Crippen LogP contribution in [0, 0.1) is 0 Å². The molecule has 0 bridgehead atoms. The van der Waals surface area contributed by atoms with Gasteiger partial charge >= 0.3 is 5.97 Å². The fourth-order valence-electron chi connectivity index (χ4n) is 2.19. The molecule has 0 radical (unpaired) electrons. The molecule has 5 heteroatoms. The largest absolute Gasteiger partial charge is 0.459 e. The zero-order valence-corrected chi connectivity index (χ0v) is 14.2. The number of ether oxygens (including phenoxy) is 1. The Morgan fingerprint density at radius 3 is 2.52 bits per heavy atom. The Balaban J connectivity index is 2.41. The van der Waals surface area contributed by atoms with Crippen LogP contribution in [0.4, 0.5) is 0 Å². The molecule has 1 aromatic heterocycles. The number of fused-ring (bicyclic) bond motifs is 1. The van der Waals surface area contributed by atoms with Crippen molar-refractivity contribution in [1.82, 2.24) is 4.57 Å². The van der Waals surface area contributed by atoms with Crippen molar-refractivity contribution in [2.75, 3.05) is 0 Å². The van der Waals surface area contributed by atoms with Crippen LogP contribution in [0.2, 0.25) is 0 Å². The van der Waals surface area contributed by atoms with E-state index in [0.29, 0.717) is 5.56 Å². The van der Waals surface area contributed by atoms with Gasteiger partial charge in [0.05, 0.1) is 0 Å². The van der Waals surface area contributed by atoms with Crippen molar-refractivity contribution in [3.05, 3.63) is 34.4 Å². The smallest absolute Gasteiger partial charge is 0.326 e. The summed E-state index contributed by atoms with van der Waals surface area (Å²) in [5, 5.41) is 0.834. The molecule has 0 N–H and O–H groups in total. The minimum absolute atomic E-state index is 0.0268. The van der Waals surface area contributed by atoms with Crippen LogP contribution in [0.1, 0.15) is 38.1 Å². The van der Waals surface area contributed by atoms with Gasteiger partial charge in [-0.3, -0.25) is 9.59 Å². The van der Waals surface area contributed by atoms with Gasteiger partial charge < -0.3 is 9.30 Å². The lowest BCUT2D eigenvalue weighted by Crippen LogP contribution is -2.26. The van der Waals surface area contributed by atoms with Crippen molar-refractivity contribution >= 4 is 38.6 Å². The quantitative estimate of drug-likeness (QED) is 0.621. The molecule has 0 saturated heterocycles. The highest BCUT2D eigenvalue weighted by molar-refractivity contribution is 9.10. The Labute approximate surface area is 132 Å². The molecule has 1 aromatic carbocycles. The third kappa shape index (κ3) is 3.73. The first-order valence-electron chi connectivity index (χ1n) is 6.68. The van der Waals surface area contributed by atoms with Gasteiger partial charge in [-0.05, 0) is 45.9 Å². The molecular formula is C16H18BrNO3. The van der Waals surface area contributed by atoms with Crippen LogP contribution in [0.5, 0.6) is 0 Å². The summed E-state index contributed by atoms with van der Waals surface area (Å²) in [5.74, 6) is -0.349. The highest BCUT2D eigenvalue weighted by atomic mass is 79.9. The van der Waals surface area contributed by atoms with Gasteiger partial charge in [-0.15, -0.1) is 0 Å². The second-order valence-electron chi connectivity index (χ2n) is 5.97. The summed E-state index contributed by atoms with van der Waals surface area (Å²) < 4.78 is 7.98. The number of esters is 1. The second kappa shape index (κ2) is 5.64. The van der Waals surface area contributed by atoms with Crippen molar-refractivity contribution in [3.63, 3.8) is 0 Å². The van der Waals surface area contributed by atoms with Crippen LogP contribution >= 0.6 is 15.9 Å². The number of nitrogens with zero attached hydrogens (tertiary/aromatic N) is 1. The molecule has 1 heterocycles. The fraction of sp³-hybridized carbons (Fsp3) is 0.375. The number of carbonyl (C=O) groups is 2.